The number of fused-ring (bicyclic) bond motifs is 1. The Morgan fingerprint density at radius 1 is 0.833 bits per heavy atom. The number of amides is 2. The van der Waals surface area contributed by atoms with E-state index in [2.05, 4.69) is 15.6 Å². The van der Waals surface area contributed by atoms with E-state index in [0.29, 0.717) is 5.56 Å². The van der Waals surface area contributed by atoms with Gasteiger partial charge in [0, 0.05) is 35.5 Å². The molecule has 0 unspecified atom stereocenters. The number of hydrogen-bond donors (Lipinski definition) is 4. The molecule has 184 valence electrons. The van der Waals surface area contributed by atoms with Crippen LogP contribution in [0.25, 0.3) is 10.9 Å². The van der Waals surface area contributed by atoms with Crippen molar-refractivity contribution in [2.45, 2.75) is 38.8 Å². The third-order valence-electron chi connectivity index (χ3n) is 6.10. The highest BCUT2D eigenvalue weighted by Gasteiger charge is 2.28. The van der Waals surface area contributed by atoms with Crippen LogP contribution >= 0.6 is 0 Å². The summed E-state index contributed by atoms with van der Waals surface area (Å²) < 4.78 is 0. The van der Waals surface area contributed by atoms with Crippen molar-refractivity contribution in [2.75, 3.05) is 0 Å². The molecule has 1 heterocycles. The van der Waals surface area contributed by atoms with Gasteiger partial charge in [-0.05, 0) is 43.2 Å². The Balaban J connectivity index is 1.55. The van der Waals surface area contributed by atoms with E-state index in [4.69, 9.17) is 0 Å². The summed E-state index contributed by atoms with van der Waals surface area (Å²) in [5.41, 5.74) is 4.86. The highest BCUT2D eigenvalue weighted by Crippen LogP contribution is 2.19. The van der Waals surface area contributed by atoms with Gasteiger partial charge >= 0.3 is 5.97 Å². The zero-order valence-electron chi connectivity index (χ0n) is 20.2. The number of carbonyl (C=O) groups excluding carboxylic acids is 2. The van der Waals surface area contributed by atoms with Crippen molar-refractivity contribution in [3.05, 3.63) is 107 Å². The number of carboxylic acids is 1. The number of hydrogen-bond acceptors (Lipinski definition) is 3. The van der Waals surface area contributed by atoms with E-state index in [1.165, 1.54) is 0 Å². The van der Waals surface area contributed by atoms with Gasteiger partial charge in [-0.25, -0.2) is 4.79 Å². The summed E-state index contributed by atoms with van der Waals surface area (Å²) in [5.74, 6) is -2.09. The molecule has 4 N–H and O–H groups in total. The molecular formula is C29H29N3O4. The highest BCUT2D eigenvalue weighted by molar-refractivity contribution is 5.98. The van der Waals surface area contributed by atoms with Crippen LogP contribution in [0.3, 0.4) is 0 Å². The van der Waals surface area contributed by atoms with Crippen molar-refractivity contribution >= 4 is 28.7 Å². The van der Waals surface area contributed by atoms with Crippen LogP contribution in [0.2, 0.25) is 0 Å². The summed E-state index contributed by atoms with van der Waals surface area (Å²) >= 11 is 0. The van der Waals surface area contributed by atoms with Gasteiger partial charge in [0.2, 0.25) is 5.91 Å². The summed E-state index contributed by atoms with van der Waals surface area (Å²) in [7, 11) is 0. The van der Waals surface area contributed by atoms with E-state index in [-0.39, 0.29) is 18.7 Å². The molecule has 7 heteroatoms. The summed E-state index contributed by atoms with van der Waals surface area (Å²) in [6.45, 7) is 3.81. The smallest absolute Gasteiger partial charge is 0.326 e. The van der Waals surface area contributed by atoms with E-state index in [0.717, 1.165) is 33.2 Å². The lowest BCUT2D eigenvalue weighted by Crippen LogP contribution is -2.53. The van der Waals surface area contributed by atoms with Crippen molar-refractivity contribution in [3.8, 4) is 0 Å². The van der Waals surface area contributed by atoms with Crippen LogP contribution in [0.4, 0.5) is 0 Å². The molecule has 0 aliphatic rings. The Morgan fingerprint density at radius 2 is 1.50 bits per heavy atom. The molecule has 1 aromatic heterocycles. The maximum Gasteiger partial charge on any atom is 0.326 e. The van der Waals surface area contributed by atoms with Gasteiger partial charge in [-0.15, -0.1) is 0 Å². The Bertz CT molecular complexity index is 1370. The fraction of sp³-hybridized carbons (Fsp3) is 0.207. The molecule has 0 aliphatic heterocycles. The van der Waals surface area contributed by atoms with E-state index in [9.17, 15) is 19.5 Å². The third kappa shape index (κ3) is 5.99. The van der Waals surface area contributed by atoms with Gasteiger partial charge in [0.1, 0.15) is 12.1 Å². The fourth-order valence-corrected chi connectivity index (χ4v) is 4.40. The van der Waals surface area contributed by atoms with Crippen LogP contribution in [0.15, 0.2) is 79.0 Å². The van der Waals surface area contributed by atoms with Crippen molar-refractivity contribution in [3.63, 3.8) is 0 Å². The van der Waals surface area contributed by atoms with Gasteiger partial charge in [-0.3, -0.25) is 9.59 Å². The van der Waals surface area contributed by atoms with Crippen molar-refractivity contribution in [1.29, 1.82) is 0 Å². The first-order valence-electron chi connectivity index (χ1n) is 11.8. The standard InChI is InChI=1S/C29H29N3O4/c1-18-12-19(2)14-21(13-18)27(33)31-25(15-20-8-4-3-5-9-20)28(34)32-26(29(35)36)16-22-17-30-24-11-7-6-10-23(22)24/h3-14,17,25-26,30H,15-16H2,1-2H3,(H,31,33)(H,32,34)(H,35,36)/t25-,26+/m1/s1. The SMILES string of the molecule is Cc1cc(C)cc(C(=O)N[C@H](Cc2ccccc2)C(=O)N[C@@H](Cc2c[nH]c3ccccc23)C(=O)O)c1. The average Bonchev–Trinajstić information content (AvgIpc) is 3.26. The Kier molecular flexibility index (Phi) is 7.49. The molecule has 4 aromatic rings. The van der Waals surface area contributed by atoms with Crippen molar-refractivity contribution < 1.29 is 19.5 Å². The molecule has 0 spiro atoms. The van der Waals surface area contributed by atoms with Crippen molar-refractivity contribution in [1.82, 2.24) is 15.6 Å². The molecule has 7 nitrogen and oxygen atoms in total. The molecule has 0 saturated heterocycles. The van der Waals surface area contributed by atoms with Crippen LogP contribution in [0.5, 0.6) is 0 Å². The van der Waals surface area contributed by atoms with Crippen LogP contribution in [0, 0.1) is 13.8 Å². The van der Waals surface area contributed by atoms with Crippen molar-refractivity contribution in [2.24, 2.45) is 0 Å². The maximum atomic E-state index is 13.4. The molecule has 3 aromatic carbocycles. The number of nitrogens with one attached hydrogen (secondary N) is 3. The number of aromatic nitrogens is 1. The fourth-order valence-electron chi connectivity index (χ4n) is 4.40. The molecule has 4 rings (SSSR count). The minimum Gasteiger partial charge on any atom is -0.480 e. The number of aryl methyl sites for hydroxylation is 2. The minimum absolute atomic E-state index is 0.105. The lowest BCUT2D eigenvalue weighted by Gasteiger charge is -2.22. The first kappa shape index (κ1) is 24.7. The molecule has 0 aliphatic carbocycles. The second-order valence-electron chi connectivity index (χ2n) is 9.06. The average molecular weight is 484 g/mol. The van der Waals surface area contributed by atoms with E-state index < -0.39 is 24.0 Å². The van der Waals surface area contributed by atoms with E-state index >= 15 is 0 Å². The number of carbonyl (C=O) groups is 3. The van der Waals surface area contributed by atoms with Gasteiger partial charge in [0.05, 0.1) is 0 Å². The summed E-state index contributed by atoms with van der Waals surface area (Å²) in [6, 6.07) is 20.3. The Morgan fingerprint density at radius 3 is 2.19 bits per heavy atom. The molecule has 36 heavy (non-hydrogen) atoms. The monoisotopic (exact) mass is 483 g/mol. The number of para-hydroxylation sites is 1. The summed E-state index contributed by atoms with van der Waals surface area (Å²) in [5, 5.41) is 16.2. The second kappa shape index (κ2) is 10.9. The number of carboxylic acid groups (broad SMARTS) is 1. The zero-order valence-corrected chi connectivity index (χ0v) is 20.2. The Hall–Kier alpha value is -4.39. The molecule has 0 saturated carbocycles. The van der Waals surface area contributed by atoms with E-state index in [1.807, 2.05) is 74.5 Å². The Labute approximate surface area is 209 Å². The van der Waals surface area contributed by atoms with Gasteiger partial charge in [-0.2, -0.15) is 0 Å². The molecule has 2 atom stereocenters. The molecule has 2 amide bonds. The summed E-state index contributed by atoms with van der Waals surface area (Å²) in [6.07, 6.45) is 2.09. The van der Waals surface area contributed by atoms with Crippen LogP contribution < -0.4 is 10.6 Å². The number of benzene rings is 3. The van der Waals surface area contributed by atoms with Gasteiger partial charge in [0.25, 0.3) is 5.91 Å². The predicted octanol–water partition coefficient (Wildman–Crippen LogP) is 3.94. The van der Waals surface area contributed by atoms with Gasteiger partial charge < -0.3 is 20.7 Å². The van der Waals surface area contributed by atoms with Gasteiger partial charge in [-0.1, -0.05) is 65.7 Å². The normalized spacial score (nSPS) is 12.6. The maximum absolute atomic E-state index is 13.4. The van der Waals surface area contributed by atoms with E-state index in [1.54, 1.807) is 18.3 Å². The summed E-state index contributed by atoms with van der Waals surface area (Å²) in [4.78, 5) is 41.6. The van der Waals surface area contributed by atoms with Gasteiger partial charge in [0.15, 0.2) is 0 Å². The zero-order chi connectivity index (χ0) is 25.7. The number of rotatable bonds is 9. The first-order chi connectivity index (χ1) is 17.3. The highest BCUT2D eigenvalue weighted by atomic mass is 16.4. The predicted molar refractivity (Wildman–Crippen MR) is 139 cm³/mol. The molecular weight excluding hydrogens is 454 g/mol. The third-order valence-corrected chi connectivity index (χ3v) is 6.10. The topological polar surface area (TPSA) is 111 Å². The molecule has 0 bridgehead atoms. The van der Waals surface area contributed by atoms with Crippen LogP contribution in [-0.2, 0) is 22.4 Å². The molecule has 0 fully saturated rings. The number of aromatic amines is 1. The lowest BCUT2D eigenvalue weighted by molar-refractivity contribution is -0.142. The van der Waals surface area contributed by atoms with Crippen LogP contribution in [0.1, 0.15) is 32.6 Å². The van der Waals surface area contributed by atoms with Crippen LogP contribution in [-0.4, -0.2) is 40.0 Å². The number of H-pyrrole nitrogens is 1. The first-order valence-corrected chi connectivity index (χ1v) is 11.8. The minimum atomic E-state index is -1.16. The number of aliphatic carboxylic acids is 1. The molecule has 0 radical (unpaired) electrons. The lowest BCUT2D eigenvalue weighted by atomic mass is 10.0. The largest absolute Gasteiger partial charge is 0.480 e. The quantitative estimate of drug-likeness (QED) is 0.289. The second-order valence-corrected chi connectivity index (χ2v) is 9.06.